The Kier molecular flexibility index (Phi) is 7.82. The van der Waals surface area contributed by atoms with Gasteiger partial charge in [-0.15, -0.1) is 0 Å². The number of carbonyl (C=O) groups is 1. The smallest absolute Gasteiger partial charge is 0.409 e. The largest absolute Gasteiger partial charge is 0.450 e. The van der Waals surface area contributed by atoms with E-state index in [9.17, 15) is 9.00 Å². The fraction of sp³-hybridized carbons (Fsp3) is 0.346. The lowest BCUT2D eigenvalue weighted by Crippen LogP contribution is -2.46. The van der Waals surface area contributed by atoms with Crippen molar-refractivity contribution < 1.29 is 13.7 Å². The molecule has 0 aliphatic carbocycles. The standard InChI is InChI=1S/C26H32N4O3S/c1-3-33-26(31)30-16-12-22(13-17-30)29-34(2,32)25-9-8-21(23-6-4-5-7-24(23)25)19-28-18-20-10-14-27-15-11-20/h4-11,14-15,22,28H,2-3,12-13,16-19H2,1H3,(H,29,32). The zero-order valence-electron chi connectivity index (χ0n) is 19.5. The predicted octanol–water partition coefficient (Wildman–Crippen LogP) is 3.73. The summed E-state index contributed by atoms with van der Waals surface area (Å²) in [5.74, 6) is 4.09. The number of likely N-dealkylation sites (tertiary alicyclic amines) is 1. The lowest BCUT2D eigenvalue weighted by atomic mass is 10.0. The number of piperidine rings is 1. The van der Waals surface area contributed by atoms with Gasteiger partial charge in [-0.25, -0.2) is 13.7 Å². The Labute approximate surface area is 201 Å². The Balaban J connectivity index is 1.46. The lowest BCUT2D eigenvalue weighted by molar-refractivity contribution is 0.0966. The second kappa shape index (κ2) is 11.0. The number of amides is 1. The second-order valence-corrected chi connectivity index (χ2v) is 10.5. The van der Waals surface area contributed by atoms with Crippen molar-refractivity contribution in [1.29, 1.82) is 0 Å². The number of carbonyl (C=O) groups excluding carboxylic acids is 1. The minimum absolute atomic E-state index is 0.0242. The van der Waals surface area contributed by atoms with Crippen molar-refractivity contribution >= 4 is 32.4 Å². The third kappa shape index (κ3) is 5.75. The number of pyridine rings is 1. The molecular weight excluding hydrogens is 448 g/mol. The molecule has 4 rings (SSSR count). The normalized spacial score (nSPS) is 16.3. The summed E-state index contributed by atoms with van der Waals surface area (Å²) in [6.07, 6.45) is 4.72. The molecule has 2 N–H and O–H groups in total. The minimum Gasteiger partial charge on any atom is -0.450 e. The molecule has 0 spiro atoms. The van der Waals surface area contributed by atoms with E-state index in [4.69, 9.17) is 4.74 Å². The first-order valence-electron chi connectivity index (χ1n) is 11.6. The third-order valence-electron chi connectivity index (χ3n) is 6.10. The van der Waals surface area contributed by atoms with Crippen LogP contribution in [0.2, 0.25) is 0 Å². The van der Waals surface area contributed by atoms with Crippen molar-refractivity contribution in [2.45, 2.75) is 43.8 Å². The van der Waals surface area contributed by atoms with E-state index in [-0.39, 0.29) is 12.1 Å². The van der Waals surface area contributed by atoms with Gasteiger partial charge >= 0.3 is 6.09 Å². The molecule has 0 radical (unpaired) electrons. The number of fused-ring (bicyclic) bond motifs is 1. The highest BCUT2D eigenvalue weighted by atomic mass is 32.2. The molecule has 7 nitrogen and oxygen atoms in total. The Morgan fingerprint density at radius 2 is 1.79 bits per heavy atom. The number of aromatic nitrogens is 1. The van der Waals surface area contributed by atoms with Gasteiger partial charge in [-0.05, 0) is 65.7 Å². The van der Waals surface area contributed by atoms with E-state index in [0.717, 1.165) is 22.9 Å². The molecule has 2 aromatic carbocycles. The highest BCUT2D eigenvalue weighted by Gasteiger charge is 2.26. The van der Waals surface area contributed by atoms with E-state index >= 15 is 0 Å². The monoisotopic (exact) mass is 480 g/mol. The molecule has 1 saturated heterocycles. The van der Waals surface area contributed by atoms with Gasteiger partial charge in [0.25, 0.3) is 0 Å². The van der Waals surface area contributed by atoms with Crippen LogP contribution in [0.3, 0.4) is 0 Å². The van der Waals surface area contributed by atoms with Crippen LogP contribution in [0.1, 0.15) is 30.9 Å². The molecule has 1 aromatic heterocycles. The van der Waals surface area contributed by atoms with Crippen LogP contribution >= 0.6 is 0 Å². The quantitative estimate of drug-likeness (QED) is 0.480. The Hall–Kier alpha value is -2.94. The highest BCUT2D eigenvalue weighted by molar-refractivity contribution is 7.98. The van der Waals surface area contributed by atoms with Crippen LogP contribution in [0.4, 0.5) is 4.79 Å². The number of hydrogen-bond acceptors (Lipinski definition) is 5. The maximum absolute atomic E-state index is 13.7. The summed E-state index contributed by atoms with van der Waals surface area (Å²) in [4.78, 5) is 18.4. The van der Waals surface area contributed by atoms with E-state index in [1.807, 2.05) is 42.5 Å². The summed E-state index contributed by atoms with van der Waals surface area (Å²) in [5, 5.41) is 5.50. The first kappa shape index (κ1) is 24.2. The van der Waals surface area contributed by atoms with Gasteiger partial charge in [0.15, 0.2) is 0 Å². The lowest BCUT2D eigenvalue weighted by Gasteiger charge is -2.32. The molecule has 8 heteroatoms. The first-order valence-corrected chi connectivity index (χ1v) is 13.4. The van der Waals surface area contributed by atoms with Gasteiger partial charge in [0.1, 0.15) is 0 Å². The Morgan fingerprint density at radius 3 is 2.50 bits per heavy atom. The van der Waals surface area contributed by atoms with E-state index in [1.54, 1.807) is 24.2 Å². The molecule has 1 fully saturated rings. The zero-order valence-corrected chi connectivity index (χ0v) is 20.4. The van der Waals surface area contributed by atoms with Crippen LogP contribution in [-0.2, 0) is 27.5 Å². The van der Waals surface area contributed by atoms with Gasteiger partial charge in [-0.1, -0.05) is 30.3 Å². The molecule has 2 heterocycles. The number of rotatable bonds is 8. The number of nitrogens with zero attached hydrogens (tertiary/aromatic N) is 2. The Morgan fingerprint density at radius 1 is 1.09 bits per heavy atom. The zero-order chi connectivity index (χ0) is 24.0. The number of ether oxygens (including phenoxy) is 1. The maximum Gasteiger partial charge on any atom is 0.409 e. The van der Waals surface area contributed by atoms with Gasteiger partial charge in [-0.2, -0.15) is 0 Å². The van der Waals surface area contributed by atoms with Crippen molar-refractivity contribution in [2.75, 3.05) is 19.7 Å². The summed E-state index contributed by atoms with van der Waals surface area (Å²) in [6.45, 7) is 4.77. The molecule has 1 aliphatic heterocycles. The minimum atomic E-state index is -2.73. The summed E-state index contributed by atoms with van der Waals surface area (Å²) < 4.78 is 22.1. The topological polar surface area (TPSA) is 83.6 Å². The number of hydrogen-bond donors (Lipinski definition) is 2. The van der Waals surface area contributed by atoms with E-state index in [0.29, 0.717) is 44.0 Å². The number of nitrogens with one attached hydrogen (secondary N) is 2. The van der Waals surface area contributed by atoms with Crippen molar-refractivity contribution in [3.63, 3.8) is 0 Å². The fourth-order valence-electron chi connectivity index (χ4n) is 4.35. The van der Waals surface area contributed by atoms with Crippen molar-refractivity contribution in [1.82, 2.24) is 19.9 Å². The number of benzene rings is 2. The van der Waals surface area contributed by atoms with E-state index in [2.05, 4.69) is 27.0 Å². The van der Waals surface area contributed by atoms with Crippen LogP contribution in [0.15, 0.2) is 65.8 Å². The highest BCUT2D eigenvalue weighted by Crippen LogP contribution is 2.27. The molecule has 0 bridgehead atoms. The van der Waals surface area contributed by atoms with Crippen molar-refractivity contribution in [2.24, 2.45) is 0 Å². The van der Waals surface area contributed by atoms with Gasteiger partial charge in [-0.3, -0.25) is 4.98 Å². The van der Waals surface area contributed by atoms with E-state index in [1.165, 1.54) is 5.56 Å². The van der Waals surface area contributed by atoms with Gasteiger partial charge in [0, 0.05) is 44.6 Å². The molecule has 1 amide bonds. The molecule has 1 aliphatic rings. The molecule has 3 aromatic rings. The maximum atomic E-state index is 13.7. The van der Waals surface area contributed by atoms with E-state index < -0.39 is 9.71 Å². The predicted molar refractivity (Wildman–Crippen MR) is 137 cm³/mol. The molecule has 1 atom stereocenters. The van der Waals surface area contributed by atoms with Crippen LogP contribution in [0.5, 0.6) is 0 Å². The van der Waals surface area contributed by atoms with Crippen molar-refractivity contribution in [3.05, 3.63) is 72.1 Å². The Bertz CT molecular complexity index is 1220. The second-order valence-electron chi connectivity index (χ2n) is 8.48. The van der Waals surface area contributed by atoms with Crippen molar-refractivity contribution in [3.8, 4) is 0 Å². The molecule has 1 unspecified atom stereocenters. The van der Waals surface area contributed by atoms with Crippen LogP contribution in [0.25, 0.3) is 10.8 Å². The third-order valence-corrected chi connectivity index (χ3v) is 7.88. The average Bonchev–Trinajstić information content (AvgIpc) is 2.85. The molecular formula is C26H32N4O3S. The fourth-order valence-corrected chi connectivity index (χ4v) is 6.07. The summed E-state index contributed by atoms with van der Waals surface area (Å²) >= 11 is 0. The molecule has 34 heavy (non-hydrogen) atoms. The first-order chi connectivity index (χ1) is 16.5. The molecule has 0 saturated carbocycles. The van der Waals surface area contributed by atoms with Crippen LogP contribution < -0.4 is 10.0 Å². The van der Waals surface area contributed by atoms with Crippen LogP contribution in [-0.4, -0.2) is 51.8 Å². The average molecular weight is 481 g/mol. The summed E-state index contributed by atoms with van der Waals surface area (Å²) in [5.41, 5.74) is 2.32. The van der Waals surface area contributed by atoms with Gasteiger partial charge in [0.05, 0.1) is 21.2 Å². The SMILES string of the molecule is C=S(=O)(NC1CCN(C(=O)OCC)CC1)c1ccc(CNCc2ccncc2)c2ccccc12. The summed E-state index contributed by atoms with van der Waals surface area (Å²) in [7, 11) is -2.73. The summed E-state index contributed by atoms with van der Waals surface area (Å²) in [6, 6.07) is 16.0. The molecule has 180 valence electrons. The van der Waals surface area contributed by atoms with Crippen LogP contribution in [0, 0.1) is 0 Å². The van der Waals surface area contributed by atoms with Gasteiger partial charge in [0.2, 0.25) is 0 Å². The van der Waals surface area contributed by atoms with Gasteiger partial charge < -0.3 is 15.0 Å².